The summed E-state index contributed by atoms with van der Waals surface area (Å²) in [5.74, 6) is 3.25. The van der Waals surface area contributed by atoms with Crippen LogP contribution in [0.4, 0.5) is 0 Å². The first-order valence-electron chi connectivity index (χ1n) is 23.2. The predicted octanol–water partition coefficient (Wildman–Crippen LogP) is 16.9. The normalized spacial score (nSPS) is 14.1. The van der Waals surface area contributed by atoms with Gasteiger partial charge in [-0.25, -0.2) is 0 Å². The summed E-state index contributed by atoms with van der Waals surface area (Å²) in [5.41, 5.74) is 18.5. The van der Waals surface area contributed by atoms with Crippen LogP contribution >= 0.6 is 0 Å². The molecule has 0 saturated carbocycles. The van der Waals surface area contributed by atoms with Crippen molar-refractivity contribution in [1.29, 1.82) is 0 Å². The van der Waals surface area contributed by atoms with Crippen LogP contribution in [0.1, 0.15) is 108 Å². The van der Waals surface area contributed by atoms with E-state index in [1.54, 1.807) is 0 Å². The van der Waals surface area contributed by atoms with Crippen molar-refractivity contribution in [3.8, 4) is 45.3 Å². The van der Waals surface area contributed by atoms with Crippen molar-refractivity contribution in [1.82, 2.24) is 0 Å². The topological polar surface area (TPSA) is 18.5 Å². The van der Waals surface area contributed by atoms with Crippen molar-refractivity contribution < 1.29 is 9.47 Å². The number of hydrogen-bond acceptors (Lipinski definition) is 2. The molecule has 0 fully saturated rings. The number of rotatable bonds is 14. The Morgan fingerprint density at radius 2 is 1.03 bits per heavy atom. The van der Waals surface area contributed by atoms with Gasteiger partial charge < -0.3 is 9.47 Å². The van der Waals surface area contributed by atoms with Crippen LogP contribution < -0.4 is 9.47 Å². The molecule has 1 unspecified atom stereocenters. The summed E-state index contributed by atoms with van der Waals surface area (Å²) in [6, 6.07) is 56.9. The van der Waals surface area contributed by atoms with Crippen LogP contribution in [0.25, 0.3) is 33.0 Å². The summed E-state index contributed by atoms with van der Waals surface area (Å²) in [6.07, 6.45) is 7.91. The van der Waals surface area contributed by atoms with Gasteiger partial charge in [-0.3, -0.25) is 0 Å². The molecule has 0 bridgehead atoms. The van der Waals surface area contributed by atoms with Gasteiger partial charge in [-0.1, -0.05) is 159 Å². The molecule has 0 saturated heterocycles. The van der Waals surface area contributed by atoms with E-state index in [2.05, 4.69) is 200 Å². The molecule has 9 rings (SSSR count). The third kappa shape index (κ3) is 8.20. The number of ether oxygens (including phenoxy) is 2. The van der Waals surface area contributed by atoms with E-state index < -0.39 is 5.41 Å². The Balaban J connectivity index is 1.30. The highest BCUT2D eigenvalue weighted by molar-refractivity contribution is 5.98. The molecule has 0 N–H and O–H groups in total. The molecule has 0 radical (unpaired) electrons. The zero-order chi connectivity index (χ0) is 43.7. The van der Waals surface area contributed by atoms with Crippen LogP contribution in [0, 0.1) is 27.7 Å². The third-order valence-corrected chi connectivity index (χ3v) is 13.2. The minimum atomic E-state index is -0.532. The number of benzene rings is 8. The molecular formula is C61H60O2. The lowest BCUT2D eigenvalue weighted by Gasteiger charge is -2.35. The Hall–Kier alpha value is -6.38. The van der Waals surface area contributed by atoms with Crippen molar-refractivity contribution in [3.05, 3.63) is 213 Å². The first-order valence-corrected chi connectivity index (χ1v) is 23.2. The highest BCUT2D eigenvalue weighted by atomic mass is 16.5. The second kappa shape index (κ2) is 17.8. The molecule has 0 heterocycles. The standard InChI is InChI=1S/C61H60O2/c1-8-11-12-13-15-46-16-14-17-49(33-46)61(50-31-42(6)30-43(7)32-50)57-35-44(9-2)22-28-53(57)54-29-23-47(38-58(54)61)48-37-56-55(60(39-48)63-52-26-20-41(5)21-27-52)34-45(10-3)36-59(56)62-51-24-18-40(4)19-25-51/h14,16-39H,8-13,15H2,1-7H3. The van der Waals surface area contributed by atoms with E-state index in [4.69, 9.17) is 9.47 Å². The van der Waals surface area contributed by atoms with E-state index in [1.165, 1.54) is 98.0 Å². The molecule has 2 nitrogen and oxygen atoms in total. The van der Waals surface area contributed by atoms with Crippen LogP contribution in [0.15, 0.2) is 152 Å². The summed E-state index contributed by atoms with van der Waals surface area (Å²) < 4.78 is 13.7. The van der Waals surface area contributed by atoms with Crippen LogP contribution in [0.5, 0.6) is 23.0 Å². The molecule has 316 valence electrons. The van der Waals surface area contributed by atoms with Gasteiger partial charge in [0.05, 0.1) is 5.41 Å². The summed E-state index contributed by atoms with van der Waals surface area (Å²) in [6.45, 7) is 15.5. The first-order chi connectivity index (χ1) is 30.7. The molecular weight excluding hydrogens is 765 g/mol. The van der Waals surface area contributed by atoms with E-state index >= 15 is 0 Å². The molecule has 0 amide bonds. The zero-order valence-corrected chi connectivity index (χ0v) is 38.2. The number of unbranched alkanes of at least 4 members (excludes halogenated alkanes) is 3. The lowest BCUT2D eigenvalue weighted by atomic mass is 9.66. The number of hydrogen-bond donors (Lipinski definition) is 0. The summed E-state index contributed by atoms with van der Waals surface area (Å²) in [5, 5.41) is 2.04. The summed E-state index contributed by atoms with van der Waals surface area (Å²) in [7, 11) is 0. The minimum Gasteiger partial charge on any atom is -0.457 e. The van der Waals surface area contributed by atoms with Crippen molar-refractivity contribution >= 4 is 10.8 Å². The van der Waals surface area contributed by atoms with Gasteiger partial charge >= 0.3 is 0 Å². The summed E-state index contributed by atoms with van der Waals surface area (Å²) in [4.78, 5) is 0. The third-order valence-electron chi connectivity index (χ3n) is 13.2. The molecule has 8 aromatic carbocycles. The molecule has 0 aliphatic heterocycles. The maximum atomic E-state index is 6.91. The number of fused-ring (bicyclic) bond motifs is 4. The molecule has 1 aliphatic rings. The van der Waals surface area contributed by atoms with Gasteiger partial charge in [0.2, 0.25) is 0 Å². The van der Waals surface area contributed by atoms with E-state index in [-0.39, 0.29) is 0 Å². The van der Waals surface area contributed by atoms with Crippen LogP contribution in [0.3, 0.4) is 0 Å². The van der Waals surface area contributed by atoms with Crippen LogP contribution in [0.2, 0.25) is 0 Å². The molecule has 1 aliphatic carbocycles. The highest BCUT2D eigenvalue weighted by Gasteiger charge is 2.46. The van der Waals surface area contributed by atoms with Gasteiger partial charge in [-0.2, -0.15) is 0 Å². The van der Waals surface area contributed by atoms with E-state index in [1.807, 2.05) is 0 Å². The van der Waals surface area contributed by atoms with Gasteiger partial charge in [-0.05, 0) is 169 Å². The largest absolute Gasteiger partial charge is 0.457 e. The Morgan fingerprint density at radius 3 is 1.68 bits per heavy atom. The molecule has 0 spiro atoms. The quantitative estimate of drug-likeness (QED) is 0.102. The average Bonchev–Trinajstić information content (AvgIpc) is 3.58. The lowest BCUT2D eigenvalue weighted by Crippen LogP contribution is -2.29. The molecule has 8 aromatic rings. The average molecular weight is 825 g/mol. The van der Waals surface area contributed by atoms with Crippen LogP contribution in [-0.4, -0.2) is 0 Å². The van der Waals surface area contributed by atoms with Crippen molar-refractivity contribution in [2.24, 2.45) is 0 Å². The van der Waals surface area contributed by atoms with Crippen molar-refractivity contribution in [2.45, 2.75) is 98.8 Å². The number of aryl methyl sites for hydroxylation is 7. The van der Waals surface area contributed by atoms with Gasteiger partial charge in [0.1, 0.15) is 23.0 Å². The Labute approximate surface area is 375 Å². The molecule has 1 atom stereocenters. The second-order valence-corrected chi connectivity index (χ2v) is 18.0. The Kier molecular flexibility index (Phi) is 11.8. The molecule has 2 heteroatoms. The van der Waals surface area contributed by atoms with Crippen molar-refractivity contribution in [3.63, 3.8) is 0 Å². The maximum absolute atomic E-state index is 6.91. The fourth-order valence-electron chi connectivity index (χ4n) is 9.93. The monoisotopic (exact) mass is 824 g/mol. The maximum Gasteiger partial charge on any atom is 0.136 e. The minimum absolute atomic E-state index is 0.532. The van der Waals surface area contributed by atoms with E-state index in [9.17, 15) is 0 Å². The molecule has 0 aromatic heterocycles. The fraction of sp³-hybridized carbons (Fsp3) is 0.246. The molecule has 63 heavy (non-hydrogen) atoms. The SMILES string of the molecule is CCCCCCc1cccc(C2(c3cc(C)cc(C)c3)c3cc(CC)ccc3-c3ccc(-c4cc(Oc5ccc(C)cc5)c5cc(CC)cc(Oc6ccc(C)cc6)c5c4)cc32)c1. The fourth-order valence-corrected chi connectivity index (χ4v) is 9.93. The second-order valence-electron chi connectivity index (χ2n) is 18.0. The first kappa shape index (κ1) is 41.9. The Morgan fingerprint density at radius 1 is 0.413 bits per heavy atom. The lowest BCUT2D eigenvalue weighted by molar-refractivity contribution is 0.482. The zero-order valence-electron chi connectivity index (χ0n) is 38.2. The predicted molar refractivity (Wildman–Crippen MR) is 265 cm³/mol. The van der Waals surface area contributed by atoms with Crippen molar-refractivity contribution in [2.75, 3.05) is 0 Å². The van der Waals surface area contributed by atoms with E-state index in [0.29, 0.717) is 0 Å². The Bertz CT molecular complexity index is 2910. The van der Waals surface area contributed by atoms with Crippen LogP contribution in [-0.2, 0) is 24.7 Å². The smallest absolute Gasteiger partial charge is 0.136 e. The van der Waals surface area contributed by atoms with Gasteiger partial charge in [-0.15, -0.1) is 0 Å². The van der Waals surface area contributed by atoms with Gasteiger partial charge in [0.15, 0.2) is 0 Å². The summed E-state index contributed by atoms with van der Waals surface area (Å²) >= 11 is 0. The van der Waals surface area contributed by atoms with E-state index in [0.717, 1.165) is 64.2 Å². The van der Waals surface area contributed by atoms with Gasteiger partial charge in [0.25, 0.3) is 0 Å². The van der Waals surface area contributed by atoms with Gasteiger partial charge in [0, 0.05) is 10.8 Å². The highest BCUT2D eigenvalue weighted by Crippen LogP contribution is 2.58.